The van der Waals surface area contributed by atoms with Gasteiger partial charge in [-0.15, -0.1) is 0 Å². The molecule has 1 rings (SSSR count). The van der Waals surface area contributed by atoms with Gasteiger partial charge in [-0.1, -0.05) is 6.58 Å². The Morgan fingerprint density at radius 2 is 2.14 bits per heavy atom. The molecule has 1 unspecified atom stereocenters. The van der Waals surface area contributed by atoms with Crippen LogP contribution in [-0.4, -0.2) is 56.1 Å². The standard InChI is InChI=1S/C10H12F2O8S/c1-6(4-18-5-10(11,12)21(15,16)17)8(13)20-7-2-3-19-9(7)14/h7H,1-5H2,(H,15,16,17). The summed E-state index contributed by atoms with van der Waals surface area (Å²) in [6, 6.07) is 0. The summed E-state index contributed by atoms with van der Waals surface area (Å²) in [6.45, 7) is 0.871. The molecule has 0 aromatic rings. The van der Waals surface area contributed by atoms with E-state index in [4.69, 9.17) is 4.55 Å². The quantitative estimate of drug-likeness (QED) is 0.391. The molecular formula is C10H12F2O8S. The lowest BCUT2D eigenvalue weighted by molar-refractivity contribution is -0.158. The van der Waals surface area contributed by atoms with Crippen LogP contribution in [0.1, 0.15) is 6.42 Å². The maximum absolute atomic E-state index is 12.8. The second kappa shape index (κ2) is 6.45. The molecule has 11 heteroatoms. The van der Waals surface area contributed by atoms with Crippen molar-refractivity contribution >= 4 is 22.1 Å². The first-order valence-corrected chi connectivity index (χ1v) is 6.96. The highest BCUT2D eigenvalue weighted by Gasteiger charge is 2.44. The summed E-state index contributed by atoms with van der Waals surface area (Å²) in [6.07, 6.45) is -0.923. The first-order chi connectivity index (χ1) is 9.54. The van der Waals surface area contributed by atoms with Crippen LogP contribution in [0.5, 0.6) is 0 Å². The van der Waals surface area contributed by atoms with Gasteiger partial charge < -0.3 is 14.2 Å². The van der Waals surface area contributed by atoms with Gasteiger partial charge in [0.05, 0.1) is 18.8 Å². The van der Waals surface area contributed by atoms with Gasteiger partial charge in [-0.25, -0.2) is 9.59 Å². The average molecular weight is 330 g/mol. The van der Waals surface area contributed by atoms with Crippen LogP contribution in [0.4, 0.5) is 8.78 Å². The number of carbonyl (C=O) groups excluding carboxylic acids is 2. The van der Waals surface area contributed by atoms with E-state index in [1.54, 1.807) is 0 Å². The number of carbonyl (C=O) groups is 2. The second-order valence-corrected chi connectivity index (χ2v) is 5.61. The van der Waals surface area contributed by atoms with Gasteiger partial charge in [0.15, 0.2) is 0 Å². The molecule has 0 saturated carbocycles. The normalized spacial score (nSPS) is 19.2. The van der Waals surface area contributed by atoms with Gasteiger partial charge in [0, 0.05) is 6.42 Å². The molecule has 0 spiro atoms. The van der Waals surface area contributed by atoms with E-state index in [1.807, 2.05) is 0 Å². The Morgan fingerprint density at radius 3 is 2.62 bits per heavy atom. The topological polar surface area (TPSA) is 116 Å². The summed E-state index contributed by atoms with van der Waals surface area (Å²) in [5, 5.41) is -4.51. The summed E-state index contributed by atoms with van der Waals surface area (Å²) in [5.41, 5.74) is -0.402. The van der Waals surface area contributed by atoms with E-state index in [2.05, 4.69) is 20.8 Å². The van der Waals surface area contributed by atoms with Crippen molar-refractivity contribution in [2.45, 2.75) is 17.8 Å². The Hall–Kier alpha value is -1.59. The van der Waals surface area contributed by atoms with Crippen molar-refractivity contribution in [3.63, 3.8) is 0 Å². The van der Waals surface area contributed by atoms with Gasteiger partial charge in [0.1, 0.15) is 6.61 Å². The van der Waals surface area contributed by atoms with Crippen molar-refractivity contribution in [3.05, 3.63) is 12.2 Å². The summed E-state index contributed by atoms with van der Waals surface area (Å²) in [5.74, 6) is -1.79. The number of esters is 2. The zero-order chi connectivity index (χ0) is 16.3. The number of rotatable bonds is 7. The van der Waals surface area contributed by atoms with Crippen LogP contribution >= 0.6 is 0 Å². The molecule has 8 nitrogen and oxygen atoms in total. The Morgan fingerprint density at radius 1 is 1.52 bits per heavy atom. The number of cyclic esters (lactones) is 1. The molecule has 21 heavy (non-hydrogen) atoms. The third-order valence-electron chi connectivity index (χ3n) is 2.35. The molecule has 0 aromatic heterocycles. The molecule has 1 N–H and O–H groups in total. The summed E-state index contributed by atoms with van der Waals surface area (Å²) < 4.78 is 67.9. The van der Waals surface area contributed by atoms with Gasteiger partial charge in [0.25, 0.3) is 0 Å². The van der Waals surface area contributed by atoms with E-state index < -0.39 is 52.2 Å². The number of hydrogen-bond acceptors (Lipinski definition) is 7. The predicted molar refractivity (Wildman–Crippen MR) is 61.9 cm³/mol. The Bertz CT molecular complexity index is 541. The Kier molecular flexibility index (Phi) is 5.36. The minimum Gasteiger partial charge on any atom is -0.463 e. The van der Waals surface area contributed by atoms with Gasteiger partial charge in [-0.3, -0.25) is 4.55 Å². The highest BCUT2D eigenvalue weighted by molar-refractivity contribution is 7.86. The van der Waals surface area contributed by atoms with Crippen molar-refractivity contribution in [1.29, 1.82) is 0 Å². The van der Waals surface area contributed by atoms with Crippen molar-refractivity contribution in [2.24, 2.45) is 0 Å². The van der Waals surface area contributed by atoms with Crippen LogP contribution < -0.4 is 0 Å². The van der Waals surface area contributed by atoms with Crippen molar-refractivity contribution in [1.82, 2.24) is 0 Å². The van der Waals surface area contributed by atoms with Crippen LogP contribution in [0.3, 0.4) is 0 Å². The van der Waals surface area contributed by atoms with Crippen molar-refractivity contribution < 1.29 is 45.6 Å². The van der Waals surface area contributed by atoms with Gasteiger partial charge in [-0.05, 0) is 0 Å². The fraction of sp³-hybridized carbons (Fsp3) is 0.600. The Balaban J connectivity index is 2.40. The third-order valence-corrected chi connectivity index (χ3v) is 3.22. The van der Waals surface area contributed by atoms with Gasteiger partial charge >= 0.3 is 27.3 Å². The third kappa shape index (κ3) is 4.72. The SMILES string of the molecule is C=C(COCC(F)(F)S(=O)(=O)O)C(=O)OC1CCOC1=O. The monoisotopic (exact) mass is 330 g/mol. The maximum Gasteiger partial charge on any atom is 0.392 e. The molecular weight excluding hydrogens is 318 g/mol. The van der Waals surface area contributed by atoms with E-state index in [0.717, 1.165) is 0 Å². The van der Waals surface area contributed by atoms with Gasteiger partial charge in [-0.2, -0.15) is 17.2 Å². The molecule has 0 amide bonds. The minimum absolute atomic E-state index is 0.0976. The van der Waals surface area contributed by atoms with Crippen LogP contribution in [0.15, 0.2) is 12.2 Å². The van der Waals surface area contributed by atoms with Crippen LogP contribution in [0.2, 0.25) is 0 Å². The largest absolute Gasteiger partial charge is 0.463 e. The summed E-state index contributed by atoms with van der Waals surface area (Å²) >= 11 is 0. The molecule has 1 heterocycles. The molecule has 0 aromatic carbocycles. The van der Waals surface area contributed by atoms with Crippen molar-refractivity contribution in [3.8, 4) is 0 Å². The molecule has 0 radical (unpaired) electrons. The fourth-order valence-corrected chi connectivity index (χ4v) is 1.46. The van der Waals surface area contributed by atoms with E-state index in [1.165, 1.54) is 0 Å². The van der Waals surface area contributed by atoms with E-state index in [9.17, 15) is 26.8 Å². The zero-order valence-electron chi connectivity index (χ0n) is 10.6. The number of ether oxygens (including phenoxy) is 3. The molecule has 1 aliphatic rings. The Labute approximate surface area is 118 Å². The van der Waals surface area contributed by atoms with Crippen molar-refractivity contribution in [2.75, 3.05) is 19.8 Å². The maximum atomic E-state index is 12.8. The van der Waals surface area contributed by atoms with Crippen LogP contribution in [0, 0.1) is 0 Å². The lowest BCUT2D eigenvalue weighted by atomic mass is 10.3. The lowest BCUT2D eigenvalue weighted by Gasteiger charge is -2.14. The smallest absolute Gasteiger partial charge is 0.392 e. The van der Waals surface area contributed by atoms with Crippen LogP contribution in [0.25, 0.3) is 0 Å². The summed E-state index contributed by atoms with van der Waals surface area (Å²) in [7, 11) is -5.61. The molecule has 1 saturated heterocycles. The van der Waals surface area contributed by atoms with Gasteiger partial charge in [0.2, 0.25) is 6.10 Å². The zero-order valence-corrected chi connectivity index (χ0v) is 11.4. The number of alkyl halides is 2. The highest BCUT2D eigenvalue weighted by Crippen LogP contribution is 2.21. The molecule has 0 bridgehead atoms. The molecule has 1 atom stereocenters. The molecule has 1 fully saturated rings. The molecule has 0 aliphatic carbocycles. The fourth-order valence-electron chi connectivity index (χ4n) is 1.22. The number of halogens is 2. The van der Waals surface area contributed by atoms with E-state index in [0.29, 0.717) is 0 Å². The lowest BCUT2D eigenvalue weighted by Crippen LogP contribution is -2.34. The minimum atomic E-state index is -5.61. The predicted octanol–water partition coefficient (Wildman–Crippen LogP) is -0.102. The average Bonchev–Trinajstić information content (AvgIpc) is 2.73. The first kappa shape index (κ1) is 17.5. The molecule has 120 valence electrons. The van der Waals surface area contributed by atoms with E-state index in [-0.39, 0.29) is 13.0 Å². The molecule has 1 aliphatic heterocycles. The van der Waals surface area contributed by atoms with E-state index >= 15 is 0 Å². The number of hydrogen-bond donors (Lipinski definition) is 1. The second-order valence-electron chi connectivity index (χ2n) is 4.06. The van der Waals surface area contributed by atoms with Crippen LogP contribution in [-0.2, 0) is 33.9 Å². The highest BCUT2D eigenvalue weighted by atomic mass is 32.2. The summed E-state index contributed by atoms with van der Waals surface area (Å²) in [4.78, 5) is 22.5. The first-order valence-electron chi connectivity index (χ1n) is 5.52.